The maximum absolute atomic E-state index is 11.6. The highest BCUT2D eigenvalue weighted by Gasteiger charge is 2.13. The highest BCUT2D eigenvalue weighted by Crippen LogP contribution is 2.28. The molecule has 116 valence electrons. The second-order valence-corrected chi connectivity index (χ2v) is 6.69. The molecular formula is C15H23N3O2S. The molecule has 1 aliphatic rings. The van der Waals surface area contributed by atoms with Gasteiger partial charge in [-0.3, -0.25) is 4.79 Å². The number of rotatable bonds is 6. The van der Waals surface area contributed by atoms with Gasteiger partial charge in [0.15, 0.2) is 0 Å². The van der Waals surface area contributed by atoms with Crippen LogP contribution in [0.3, 0.4) is 0 Å². The number of urea groups is 1. The lowest BCUT2D eigenvalue weighted by Gasteiger charge is -2.20. The number of amides is 2. The minimum Gasteiger partial charge on any atom is -0.338 e. The highest BCUT2D eigenvalue weighted by atomic mass is 32.2. The van der Waals surface area contributed by atoms with E-state index in [1.165, 1.54) is 38.3 Å². The van der Waals surface area contributed by atoms with Crippen molar-refractivity contribution >= 4 is 23.5 Å². The first-order chi connectivity index (χ1) is 10.3. The van der Waals surface area contributed by atoms with E-state index in [1.54, 1.807) is 12.1 Å². The summed E-state index contributed by atoms with van der Waals surface area (Å²) in [6.07, 6.45) is 9.30. The number of carbonyl (C=O) groups is 1. The van der Waals surface area contributed by atoms with Gasteiger partial charge in [-0.1, -0.05) is 19.3 Å². The number of nitrogens with one attached hydrogen (secondary N) is 3. The molecule has 0 spiro atoms. The third-order valence-corrected chi connectivity index (χ3v) is 5.05. The lowest BCUT2D eigenvalue weighted by Crippen LogP contribution is -2.32. The molecule has 3 N–H and O–H groups in total. The Bertz CT molecular complexity index is 498. The molecule has 0 unspecified atom stereocenters. The molecule has 1 aromatic heterocycles. The molecule has 2 amide bonds. The first-order valence-corrected chi connectivity index (χ1v) is 8.65. The van der Waals surface area contributed by atoms with Gasteiger partial charge < -0.3 is 15.6 Å². The maximum atomic E-state index is 11.6. The van der Waals surface area contributed by atoms with Gasteiger partial charge in [-0.05, 0) is 37.1 Å². The molecule has 5 nitrogen and oxygen atoms in total. The Morgan fingerprint density at radius 1 is 1.33 bits per heavy atom. The molecule has 1 heterocycles. The molecule has 0 saturated heterocycles. The van der Waals surface area contributed by atoms with Gasteiger partial charge >= 0.3 is 6.03 Å². The van der Waals surface area contributed by atoms with Crippen molar-refractivity contribution in [3.63, 3.8) is 0 Å². The van der Waals surface area contributed by atoms with Crippen LogP contribution in [0, 0.1) is 0 Å². The van der Waals surface area contributed by atoms with Crippen molar-refractivity contribution in [3.05, 3.63) is 28.7 Å². The van der Waals surface area contributed by atoms with Gasteiger partial charge in [0, 0.05) is 18.0 Å². The number of hydrogen-bond acceptors (Lipinski definition) is 3. The molecule has 0 bridgehead atoms. The zero-order valence-electron chi connectivity index (χ0n) is 12.2. The summed E-state index contributed by atoms with van der Waals surface area (Å²) in [6.45, 7) is 0.635. The van der Waals surface area contributed by atoms with E-state index in [1.807, 2.05) is 11.8 Å². The Hall–Kier alpha value is -1.43. The number of carbonyl (C=O) groups excluding carboxylic acids is 1. The first kappa shape index (κ1) is 15.9. The van der Waals surface area contributed by atoms with E-state index >= 15 is 0 Å². The second-order valence-electron chi connectivity index (χ2n) is 5.28. The van der Waals surface area contributed by atoms with Crippen LogP contribution in [0.4, 0.5) is 10.5 Å². The molecule has 2 rings (SSSR count). The highest BCUT2D eigenvalue weighted by molar-refractivity contribution is 7.99. The quantitative estimate of drug-likeness (QED) is 0.707. The van der Waals surface area contributed by atoms with Crippen molar-refractivity contribution in [2.24, 2.45) is 0 Å². The molecule has 0 aliphatic heterocycles. The largest absolute Gasteiger partial charge is 0.338 e. The fraction of sp³-hybridized carbons (Fsp3) is 0.600. The predicted octanol–water partition coefficient (Wildman–Crippen LogP) is 2.95. The Kier molecular flexibility index (Phi) is 6.66. The number of aromatic amines is 1. The number of pyridine rings is 1. The van der Waals surface area contributed by atoms with Crippen LogP contribution in [0.15, 0.2) is 23.1 Å². The average molecular weight is 309 g/mol. The Labute approximate surface area is 129 Å². The minimum absolute atomic E-state index is 0.270. The average Bonchev–Trinajstić information content (AvgIpc) is 2.50. The summed E-state index contributed by atoms with van der Waals surface area (Å²) >= 11 is 2.03. The van der Waals surface area contributed by atoms with Crippen LogP contribution in [0.1, 0.15) is 38.5 Å². The summed E-state index contributed by atoms with van der Waals surface area (Å²) in [5.41, 5.74) is -0.0212. The second kappa shape index (κ2) is 8.77. The van der Waals surface area contributed by atoms with Crippen LogP contribution < -0.4 is 16.2 Å². The fourth-order valence-electron chi connectivity index (χ4n) is 2.44. The number of H-pyrrole nitrogens is 1. The van der Waals surface area contributed by atoms with Crippen LogP contribution in [-0.2, 0) is 0 Å². The first-order valence-electron chi connectivity index (χ1n) is 7.60. The standard InChI is InChI=1S/C15H23N3O2S/c19-14-13(8-4-9-16-14)18-15(20)17-10-5-11-21-12-6-2-1-3-7-12/h4,8-9,12H,1-3,5-7,10-11H2,(H,16,19)(H2,17,18,20). The molecule has 1 aromatic rings. The van der Waals surface area contributed by atoms with Crippen LogP contribution in [-0.4, -0.2) is 28.6 Å². The summed E-state index contributed by atoms with van der Waals surface area (Å²) in [7, 11) is 0. The van der Waals surface area contributed by atoms with Gasteiger partial charge in [0.2, 0.25) is 0 Å². The zero-order valence-corrected chi connectivity index (χ0v) is 13.0. The third-order valence-electron chi connectivity index (χ3n) is 3.58. The molecular weight excluding hydrogens is 286 g/mol. The normalized spacial score (nSPS) is 15.6. The number of aromatic nitrogens is 1. The minimum atomic E-state index is -0.325. The molecule has 0 radical (unpaired) electrons. The Balaban J connectivity index is 1.57. The smallest absolute Gasteiger partial charge is 0.319 e. The number of anilines is 1. The third kappa shape index (κ3) is 5.83. The molecule has 6 heteroatoms. The predicted molar refractivity (Wildman–Crippen MR) is 88.0 cm³/mol. The monoisotopic (exact) mass is 309 g/mol. The summed E-state index contributed by atoms with van der Waals surface area (Å²) in [5, 5.41) is 6.15. The molecule has 1 aliphatic carbocycles. The van der Waals surface area contributed by atoms with Gasteiger partial charge in [0.25, 0.3) is 5.56 Å². The van der Waals surface area contributed by atoms with Crippen LogP contribution in [0.5, 0.6) is 0 Å². The summed E-state index contributed by atoms with van der Waals surface area (Å²) < 4.78 is 0. The summed E-state index contributed by atoms with van der Waals surface area (Å²) in [5.74, 6) is 1.08. The molecule has 1 fully saturated rings. The van der Waals surface area contributed by atoms with E-state index < -0.39 is 0 Å². The molecule has 1 saturated carbocycles. The number of thioether (sulfide) groups is 1. The van der Waals surface area contributed by atoms with Gasteiger partial charge in [0.1, 0.15) is 5.69 Å². The van der Waals surface area contributed by atoms with E-state index in [4.69, 9.17) is 0 Å². The summed E-state index contributed by atoms with van der Waals surface area (Å²) in [6, 6.07) is 2.93. The van der Waals surface area contributed by atoms with Crippen LogP contribution in [0.2, 0.25) is 0 Å². The number of hydrogen-bond donors (Lipinski definition) is 3. The van der Waals surface area contributed by atoms with Gasteiger partial charge in [-0.15, -0.1) is 0 Å². The SMILES string of the molecule is O=C(NCCCSC1CCCCC1)Nc1ccc[nH]c1=O. The fourth-order valence-corrected chi connectivity index (χ4v) is 3.75. The molecule has 0 aromatic carbocycles. The Morgan fingerprint density at radius 3 is 2.90 bits per heavy atom. The van der Waals surface area contributed by atoms with Crippen molar-refractivity contribution < 1.29 is 4.79 Å². The van der Waals surface area contributed by atoms with E-state index in [0.717, 1.165) is 17.4 Å². The van der Waals surface area contributed by atoms with Gasteiger partial charge in [-0.2, -0.15) is 11.8 Å². The van der Waals surface area contributed by atoms with Crippen molar-refractivity contribution in [3.8, 4) is 0 Å². The van der Waals surface area contributed by atoms with Crippen molar-refractivity contribution in [2.75, 3.05) is 17.6 Å². The van der Waals surface area contributed by atoms with Gasteiger partial charge in [-0.25, -0.2) is 4.79 Å². The summed E-state index contributed by atoms with van der Waals surface area (Å²) in [4.78, 5) is 25.6. The van der Waals surface area contributed by atoms with Gasteiger partial charge in [0.05, 0.1) is 0 Å². The van der Waals surface area contributed by atoms with Crippen molar-refractivity contribution in [1.29, 1.82) is 0 Å². The lowest BCUT2D eigenvalue weighted by molar-refractivity contribution is 0.252. The van der Waals surface area contributed by atoms with E-state index in [9.17, 15) is 9.59 Å². The van der Waals surface area contributed by atoms with Crippen LogP contribution in [0.25, 0.3) is 0 Å². The molecule has 21 heavy (non-hydrogen) atoms. The zero-order chi connectivity index (χ0) is 14.9. The van der Waals surface area contributed by atoms with Crippen molar-refractivity contribution in [1.82, 2.24) is 10.3 Å². The Morgan fingerprint density at radius 2 is 2.14 bits per heavy atom. The molecule has 0 atom stereocenters. The maximum Gasteiger partial charge on any atom is 0.319 e. The lowest BCUT2D eigenvalue weighted by atomic mass is 10.0. The van der Waals surface area contributed by atoms with E-state index in [-0.39, 0.29) is 17.3 Å². The van der Waals surface area contributed by atoms with E-state index in [2.05, 4.69) is 15.6 Å². The van der Waals surface area contributed by atoms with E-state index in [0.29, 0.717) is 6.54 Å². The van der Waals surface area contributed by atoms with Crippen LogP contribution >= 0.6 is 11.8 Å². The van der Waals surface area contributed by atoms with Crippen molar-refractivity contribution in [2.45, 2.75) is 43.8 Å². The topological polar surface area (TPSA) is 74.0 Å².